The first kappa shape index (κ1) is 19.7. The Kier molecular flexibility index (Phi) is 5.83. The number of halogens is 5. The van der Waals surface area contributed by atoms with E-state index in [1.807, 2.05) is 0 Å². The predicted molar refractivity (Wildman–Crippen MR) is 83.0 cm³/mol. The van der Waals surface area contributed by atoms with E-state index in [9.17, 15) is 26.7 Å². The second-order valence-electron chi connectivity index (χ2n) is 5.57. The van der Waals surface area contributed by atoms with Gasteiger partial charge >= 0.3 is 12.8 Å². The Labute approximate surface area is 145 Å². The molecule has 10 heteroatoms. The molecule has 142 valence electrons. The quantitative estimate of drug-likeness (QED) is 0.770. The summed E-state index contributed by atoms with van der Waals surface area (Å²) in [5, 5.41) is 5.84. The number of aryl methyl sites for hydroxylation is 3. The molecule has 1 heterocycles. The smallest absolute Gasteiger partial charge is 0.433 e. The Hall–Kier alpha value is -2.65. The minimum absolute atomic E-state index is 0.0588. The number of aromatic nitrogens is 2. The molecule has 0 aliphatic carbocycles. The molecule has 0 aliphatic rings. The average molecular weight is 377 g/mol. The van der Waals surface area contributed by atoms with Crippen molar-refractivity contribution in [2.24, 2.45) is 0 Å². The summed E-state index contributed by atoms with van der Waals surface area (Å²) in [7, 11) is 0. The van der Waals surface area contributed by atoms with Gasteiger partial charge in [-0.15, -0.1) is 0 Å². The van der Waals surface area contributed by atoms with Gasteiger partial charge in [-0.1, -0.05) is 6.07 Å². The molecule has 0 fully saturated rings. The van der Waals surface area contributed by atoms with Crippen LogP contribution >= 0.6 is 0 Å². The molecule has 1 amide bonds. The van der Waals surface area contributed by atoms with E-state index in [-0.39, 0.29) is 30.1 Å². The highest BCUT2D eigenvalue weighted by Crippen LogP contribution is 2.29. The van der Waals surface area contributed by atoms with Gasteiger partial charge in [0.1, 0.15) is 5.75 Å². The molecule has 1 aromatic heterocycles. The highest BCUT2D eigenvalue weighted by molar-refractivity contribution is 5.92. The number of nitrogens with zero attached hydrogens (tertiary/aromatic N) is 2. The number of hydrogen-bond acceptors (Lipinski definition) is 3. The van der Waals surface area contributed by atoms with Crippen LogP contribution in [0.1, 0.15) is 23.4 Å². The van der Waals surface area contributed by atoms with Crippen molar-refractivity contribution in [3.63, 3.8) is 0 Å². The zero-order valence-corrected chi connectivity index (χ0v) is 13.9. The van der Waals surface area contributed by atoms with Crippen molar-refractivity contribution in [1.82, 2.24) is 9.78 Å². The van der Waals surface area contributed by atoms with E-state index in [2.05, 4.69) is 15.2 Å². The molecule has 0 aliphatic heterocycles. The Morgan fingerprint density at radius 2 is 1.96 bits per heavy atom. The third-order valence-corrected chi connectivity index (χ3v) is 3.45. The average Bonchev–Trinajstić information content (AvgIpc) is 2.89. The van der Waals surface area contributed by atoms with Gasteiger partial charge in [0.25, 0.3) is 0 Å². The Morgan fingerprint density at radius 3 is 2.54 bits per heavy atom. The van der Waals surface area contributed by atoms with Crippen molar-refractivity contribution in [2.45, 2.75) is 39.6 Å². The van der Waals surface area contributed by atoms with Crippen LogP contribution in [0, 0.1) is 13.8 Å². The maximum absolute atomic E-state index is 12.6. The summed E-state index contributed by atoms with van der Waals surface area (Å²) >= 11 is 0. The molecular weight excluding hydrogens is 361 g/mol. The van der Waals surface area contributed by atoms with Crippen molar-refractivity contribution in [2.75, 3.05) is 5.32 Å². The normalized spacial score (nSPS) is 11.7. The third-order valence-electron chi connectivity index (χ3n) is 3.45. The van der Waals surface area contributed by atoms with Crippen LogP contribution in [-0.2, 0) is 17.5 Å². The van der Waals surface area contributed by atoms with Gasteiger partial charge in [0.2, 0.25) is 5.91 Å². The number of nitrogens with one attached hydrogen (secondary N) is 1. The summed E-state index contributed by atoms with van der Waals surface area (Å²) in [6.07, 6.45) is -4.76. The van der Waals surface area contributed by atoms with Crippen molar-refractivity contribution in [3.05, 3.63) is 41.2 Å². The van der Waals surface area contributed by atoms with Crippen molar-refractivity contribution in [3.8, 4) is 5.75 Å². The molecule has 0 saturated heterocycles. The van der Waals surface area contributed by atoms with E-state index in [1.54, 1.807) is 13.0 Å². The lowest BCUT2D eigenvalue weighted by molar-refractivity contribution is -0.141. The Bertz CT molecular complexity index is 787. The van der Waals surface area contributed by atoms with Crippen molar-refractivity contribution >= 4 is 11.6 Å². The molecule has 1 N–H and O–H groups in total. The fraction of sp³-hybridized carbons (Fsp3) is 0.375. The van der Waals surface area contributed by atoms with Gasteiger partial charge in [0.05, 0.1) is 5.69 Å². The standard InChI is InChI=1S/C16H16F5N3O2/c1-9-3-4-12(26-15(17)18)11(7-9)22-14(25)5-6-24-10(2)8-13(23-24)16(19,20)21/h3-4,7-8,15H,5-6H2,1-2H3,(H,22,25). The van der Waals surface area contributed by atoms with Gasteiger partial charge in [-0.3, -0.25) is 9.48 Å². The van der Waals surface area contributed by atoms with E-state index in [0.717, 1.165) is 10.7 Å². The lowest BCUT2D eigenvalue weighted by Crippen LogP contribution is -2.17. The first-order valence-electron chi connectivity index (χ1n) is 7.53. The summed E-state index contributed by atoms with van der Waals surface area (Å²) in [5.74, 6) is -0.772. The molecule has 2 rings (SSSR count). The zero-order valence-electron chi connectivity index (χ0n) is 13.9. The van der Waals surface area contributed by atoms with Gasteiger partial charge < -0.3 is 10.1 Å². The summed E-state index contributed by atoms with van der Waals surface area (Å²) < 4.78 is 68.1. The van der Waals surface area contributed by atoms with Crippen LogP contribution in [0.3, 0.4) is 0 Å². The second kappa shape index (κ2) is 7.71. The van der Waals surface area contributed by atoms with Crippen LogP contribution in [0.5, 0.6) is 5.75 Å². The fourth-order valence-corrected chi connectivity index (χ4v) is 2.24. The lowest BCUT2D eigenvalue weighted by atomic mass is 10.2. The molecule has 5 nitrogen and oxygen atoms in total. The van der Waals surface area contributed by atoms with Crippen LogP contribution in [0.15, 0.2) is 24.3 Å². The summed E-state index contributed by atoms with van der Waals surface area (Å²) in [6.45, 7) is -0.00568. The maximum atomic E-state index is 12.6. The minimum Gasteiger partial charge on any atom is -0.433 e. The number of carbonyl (C=O) groups is 1. The number of hydrogen-bond donors (Lipinski definition) is 1. The number of rotatable bonds is 6. The fourth-order valence-electron chi connectivity index (χ4n) is 2.24. The van der Waals surface area contributed by atoms with Gasteiger partial charge in [-0.2, -0.15) is 27.1 Å². The first-order chi connectivity index (χ1) is 12.1. The van der Waals surface area contributed by atoms with E-state index >= 15 is 0 Å². The number of carbonyl (C=O) groups excluding carboxylic acids is 1. The molecule has 0 unspecified atom stereocenters. The van der Waals surface area contributed by atoms with Crippen molar-refractivity contribution in [1.29, 1.82) is 0 Å². The minimum atomic E-state index is -4.57. The molecule has 2 aromatic rings. The predicted octanol–water partition coefficient (Wildman–Crippen LogP) is 4.15. The highest BCUT2D eigenvalue weighted by atomic mass is 19.4. The molecule has 0 radical (unpaired) electrons. The Morgan fingerprint density at radius 1 is 1.27 bits per heavy atom. The molecule has 0 atom stereocenters. The summed E-state index contributed by atoms with van der Waals surface area (Å²) in [5.41, 5.74) is -0.0211. The Balaban J connectivity index is 2.04. The topological polar surface area (TPSA) is 56.1 Å². The van der Waals surface area contributed by atoms with Gasteiger partial charge in [0, 0.05) is 18.7 Å². The van der Waals surface area contributed by atoms with E-state index in [1.165, 1.54) is 19.1 Å². The molecule has 1 aromatic carbocycles. The number of ether oxygens (including phenoxy) is 1. The van der Waals surface area contributed by atoms with Crippen LogP contribution in [0.4, 0.5) is 27.6 Å². The second-order valence-corrected chi connectivity index (χ2v) is 5.57. The third kappa shape index (κ3) is 5.17. The van der Waals surface area contributed by atoms with Gasteiger partial charge in [-0.05, 0) is 37.6 Å². The van der Waals surface area contributed by atoms with Gasteiger partial charge in [-0.25, -0.2) is 0 Å². The van der Waals surface area contributed by atoms with Gasteiger partial charge in [0.15, 0.2) is 5.69 Å². The zero-order chi connectivity index (χ0) is 19.5. The molecule has 26 heavy (non-hydrogen) atoms. The van der Waals surface area contributed by atoms with E-state index < -0.39 is 24.4 Å². The molecular formula is C16H16F5N3O2. The summed E-state index contributed by atoms with van der Waals surface area (Å²) in [6, 6.07) is 5.17. The monoisotopic (exact) mass is 377 g/mol. The first-order valence-corrected chi connectivity index (χ1v) is 7.53. The summed E-state index contributed by atoms with van der Waals surface area (Å²) in [4.78, 5) is 12.0. The van der Waals surface area contributed by atoms with E-state index in [0.29, 0.717) is 5.56 Å². The maximum Gasteiger partial charge on any atom is 0.435 e. The van der Waals surface area contributed by atoms with Crippen molar-refractivity contribution < 1.29 is 31.5 Å². The van der Waals surface area contributed by atoms with Crippen LogP contribution in [-0.4, -0.2) is 22.3 Å². The van der Waals surface area contributed by atoms with Crippen LogP contribution in [0.2, 0.25) is 0 Å². The molecule has 0 bridgehead atoms. The number of benzene rings is 1. The SMILES string of the molecule is Cc1ccc(OC(F)F)c(NC(=O)CCn2nc(C(F)(F)F)cc2C)c1. The molecule has 0 spiro atoms. The van der Waals surface area contributed by atoms with E-state index in [4.69, 9.17) is 0 Å². The van der Waals surface area contributed by atoms with Crippen LogP contribution < -0.4 is 10.1 Å². The lowest BCUT2D eigenvalue weighted by Gasteiger charge is -2.13. The number of alkyl halides is 5. The van der Waals surface area contributed by atoms with Crippen LogP contribution in [0.25, 0.3) is 0 Å². The number of anilines is 1. The highest BCUT2D eigenvalue weighted by Gasteiger charge is 2.34. The largest absolute Gasteiger partial charge is 0.435 e. The number of amides is 1. The molecule has 0 saturated carbocycles.